The first kappa shape index (κ1) is 13.6. The van der Waals surface area contributed by atoms with Crippen LogP contribution in [0.25, 0.3) is 0 Å². The van der Waals surface area contributed by atoms with Gasteiger partial charge in [0.05, 0.1) is 0 Å². The Hall–Kier alpha value is -0.505. The van der Waals surface area contributed by atoms with E-state index < -0.39 is 11.5 Å². The Morgan fingerprint density at radius 3 is 2.44 bits per heavy atom. The summed E-state index contributed by atoms with van der Waals surface area (Å²) < 4.78 is 0. The molecule has 0 heterocycles. The molecule has 1 atom stereocenters. The fourth-order valence-corrected chi connectivity index (χ4v) is 2.77. The van der Waals surface area contributed by atoms with Crippen LogP contribution in [0.3, 0.4) is 0 Å². The maximum Gasteiger partial charge on any atom is 0.323 e. The molecule has 0 aromatic rings. The molecule has 0 radical (unpaired) electrons. The highest BCUT2D eigenvalue weighted by Gasteiger charge is 2.41. The number of carboxylic acids is 1. The minimum atomic E-state index is -0.963. The van der Waals surface area contributed by atoms with Gasteiger partial charge in [0.15, 0.2) is 0 Å². The smallest absolute Gasteiger partial charge is 0.323 e. The SMILES string of the molecule is BCCCC[C@@](N)(C(=O)O)C1CCCCC1. The molecule has 1 rings (SSSR count). The second-order valence-electron chi connectivity index (χ2n) is 5.14. The van der Waals surface area contributed by atoms with Crippen LogP contribution in [-0.2, 0) is 4.79 Å². The number of aliphatic carboxylic acids is 1. The molecule has 16 heavy (non-hydrogen) atoms. The van der Waals surface area contributed by atoms with E-state index in [9.17, 15) is 9.90 Å². The normalized spacial score (nSPS) is 21.6. The lowest BCUT2D eigenvalue weighted by molar-refractivity contribution is -0.146. The minimum absolute atomic E-state index is 0.190. The third-order valence-electron chi connectivity index (χ3n) is 3.93. The summed E-state index contributed by atoms with van der Waals surface area (Å²) in [5.74, 6) is -0.605. The zero-order valence-corrected chi connectivity index (χ0v) is 10.4. The Kier molecular flexibility index (Phi) is 5.33. The fourth-order valence-electron chi connectivity index (χ4n) is 2.77. The molecule has 0 saturated heterocycles. The number of hydrogen-bond donors (Lipinski definition) is 2. The molecule has 1 saturated carbocycles. The summed E-state index contributed by atoms with van der Waals surface area (Å²) in [6, 6.07) is 0. The van der Waals surface area contributed by atoms with Gasteiger partial charge in [-0.15, -0.1) is 0 Å². The van der Waals surface area contributed by atoms with Crippen LogP contribution in [0, 0.1) is 5.92 Å². The lowest BCUT2D eigenvalue weighted by Gasteiger charge is -2.36. The average molecular weight is 225 g/mol. The monoisotopic (exact) mass is 225 g/mol. The largest absolute Gasteiger partial charge is 0.480 e. The zero-order valence-electron chi connectivity index (χ0n) is 10.4. The molecule has 1 aliphatic rings. The molecule has 0 spiro atoms. The molecular weight excluding hydrogens is 201 g/mol. The van der Waals surface area contributed by atoms with Gasteiger partial charge in [-0.25, -0.2) is 0 Å². The first-order valence-electron chi connectivity index (χ1n) is 6.63. The first-order valence-corrected chi connectivity index (χ1v) is 6.63. The van der Waals surface area contributed by atoms with Crippen molar-refractivity contribution in [1.29, 1.82) is 0 Å². The van der Waals surface area contributed by atoms with E-state index in [2.05, 4.69) is 7.85 Å². The molecule has 0 aliphatic heterocycles. The van der Waals surface area contributed by atoms with Gasteiger partial charge in [0.2, 0.25) is 0 Å². The maximum absolute atomic E-state index is 11.4. The molecule has 0 unspecified atom stereocenters. The second kappa shape index (κ2) is 6.28. The maximum atomic E-state index is 11.4. The van der Waals surface area contributed by atoms with Crippen molar-refractivity contribution in [1.82, 2.24) is 0 Å². The summed E-state index contributed by atoms with van der Waals surface area (Å²) in [7, 11) is 2.12. The molecule has 3 nitrogen and oxygen atoms in total. The summed E-state index contributed by atoms with van der Waals surface area (Å²) in [5, 5.41) is 9.36. The van der Waals surface area contributed by atoms with E-state index in [-0.39, 0.29) is 5.92 Å². The average Bonchev–Trinajstić information content (AvgIpc) is 2.30. The molecule has 0 aromatic heterocycles. The Morgan fingerprint density at radius 2 is 1.94 bits per heavy atom. The van der Waals surface area contributed by atoms with E-state index in [4.69, 9.17) is 5.73 Å². The van der Waals surface area contributed by atoms with Crippen molar-refractivity contribution in [3.8, 4) is 0 Å². The highest BCUT2D eigenvalue weighted by molar-refractivity contribution is 6.08. The van der Waals surface area contributed by atoms with Crippen molar-refractivity contribution >= 4 is 13.8 Å². The predicted octanol–water partition coefficient (Wildman–Crippen LogP) is 1.57. The van der Waals surface area contributed by atoms with Crippen molar-refractivity contribution in [3.63, 3.8) is 0 Å². The lowest BCUT2D eigenvalue weighted by Crippen LogP contribution is -2.54. The third kappa shape index (κ3) is 3.24. The van der Waals surface area contributed by atoms with Crippen LogP contribution in [0.5, 0.6) is 0 Å². The van der Waals surface area contributed by atoms with Gasteiger partial charge in [0.25, 0.3) is 0 Å². The molecule has 0 aromatic carbocycles. The predicted molar refractivity (Wildman–Crippen MR) is 68.3 cm³/mol. The van der Waals surface area contributed by atoms with E-state index in [1.807, 2.05) is 0 Å². The molecule has 3 N–H and O–H groups in total. The number of nitrogens with two attached hydrogens (primary N) is 1. The minimum Gasteiger partial charge on any atom is -0.480 e. The van der Waals surface area contributed by atoms with Crippen molar-refractivity contribution in [3.05, 3.63) is 0 Å². The molecule has 0 bridgehead atoms. The van der Waals surface area contributed by atoms with E-state index in [1.165, 1.54) is 6.42 Å². The summed E-state index contributed by atoms with van der Waals surface area (Å²) in [5.41, 5.74) is 5.19. The summed E-state index contributed by atoms with van der Waals surface area (Å²) >= 11 is 0. The first-order chi connectivity index (χ1) is 7.61. The molecule has 4 heteroatoms. The quantitative estimate of drug-likeness (QED) is 0.532. The highest BCUT2D eigenvalue weighted by Crippen LogP contribution is 2.34. The Bertz CT molecular complexity index is 229. The molecule has 92 valence electrons. The third-order valence-corrected chi connectivity index (χ3v) is 3.93. The number of rotatable bonds is 6. The topological polar surface area (TPSA) is 63.3 Å². The zero-order chi connectivity index (χ0) is 12.0. The second-order valence-corrected chi connectivity index (χ2v) is 5.14. The van der Waals surface area contributed by atoms with E-state index >= 15 is 0 Å². The van der Waals surface area contributed by atoms with Crippen LogP contribution in [0.2, 0.25) is 6.32 Å². The van der Waals surface area contributed by atoms with Gasteiger partial charge in [-0.3, -0.25) is 4.79 Å². The summed E-state index contributed by atoms with van der Waals surface area (Å²) in [6.07, 6.45) is 9.29. The standard InChI is InChI=1S/C12H24BNO2/c13-9-5-4-8-12(14,11(15)16)10-6-2-1-3-7-10/h10H,1-9,13-14H2,(H,15,16)/t12-/m0/s1. The van der Waals surface area contributed by atoms with Gasteiger partial charge in [-0.05, 0) is 25.2 Å². The Balaban J connectivity index is 2.58. The van der Waals surface area contributed by atoms with Gasteiger partial charge in [-0.1, -0.05) is 38.4 Å². The van der Waals surface area contributed by atoms with E-state index in [0.29, 0.717) is 6.42 Å². The van der Waals surface area contributed by atoms with Crippen LogP contribution >= 0.6 is 0 Å². The Morgan fingerprint density at radius 1 is 1.31 bits per heavy atom. The van der Waals surface area contributed by atoms with Crippen molar-refractivity contribution < 1.29 is 9.90 Å². The van der Waals surface area contributed by atoms with Crippen LogP contribution < -0.4 is 5.73 Å². The van der Waals surface area contributed by atoms with Crippen LogP contribution in [0.15, 0.2) is 0 Å². The van der Waals surface area contributed by atoms with Crippen molar-refractivity contribution in [2.45, 2.75) is 63.2 Å². The van der Waals surface area contributed by atoms with Crippen LogP contribution in [0.4, 0.5) is 0 Å². The fraction of sp³-hybridized carbons (Fsp3) is 0.917. The van der Waals surface area contributed by atoms with Gasteiger partial charge in [0, 0.05) is 0 Å². The molecular formula is C12H24BNO2. The van der Waals surface area contributed by atoms with Gasteiger partial charge in [-0.2, -0.15) is 0 Å². The highest BCUT2D eigenvalue weighted by atomic mass is 16.4. The number of carboxylic acid groups (broad SMARTS) is 1. The van der Waals surface area contributed by atoms with Crippen LogP contribution in [0.1, 0.15) is 51.4 Å². The summed E-state index contributed by atoms with van der Waals surface area (Å²) in [6.45, 7) is 0. The van der Waals surface area contributed by atoms with Crippen molar-refractivity contribution in [2.24, 2.45) is 11.7 Å². The summed E-state index contributed by atoms with van der Waals surface area (Å²) in [4.78, 5) is 11.4. The van der Waals surface area contributed by atoms with E-state index in [1.54, 1.807) is 0 Å². The number of unbranched alkanes of at least 4 members (excludes halogenated alkanes) is 1. The van der Waals surface area contributed by atoms with Crippen LogP contribution in [-0.4, -0.2) is 24.5 Å². The van der Waals surface area contributed by atoms with Gasteiger partial charge in [0.1, 0.15) is 13.4 Å². The molecule has 1 fully saturated rings. The lowest BCUT2D eigenvalue weighted by atomic mass is 9.72. The van der Waals surface area contributed by atoms with E-state index in [0.717, 1.165) is 44.8 Å². The Labute approximate surface area is 99.2 Å². The number of hydrogen-bond acceptors (Lipinski definition) is 2. The molecule has 0 amide bonds. The molecule has 1 aliphatic carbocycles. The van der Waals surface area contributed by atoms with Gasteiger partial charge >= 0.3 is 5.97 Å². The number of carbonyl (C=O) groups is 1. The van der Waals surface area contributed by atoms with Gasteiger partial charge < -0.3 is 10.8 Å². The van der Waals surface area contributed by atoms with Crippen molar-refractivity contribution in [2.75, 3.05) is 0 Å².